The zero-order valence-electron chi connectivity index (χ0n) is 10.0. The van der Waals surface area contributed by atoms with E-state index in [1.54, 1.807) is 0 Å². The summed E-state index contributed by atoms with van der Waals surface area (Å²) in [5.41, 5.74) is 12.3. The van der Waals surface area contributed by atoms with Crippen LogP contribution in [0, 0.1) is 11.5 Å². The van der Waals surface area contributed by atoms with Gasteiger partial charge in [-0.2, -0.15) is 0 Å². The molecule has 2 N–H and O–H groups in total. The lowest BCUT2D eigenvalue weighted by atomic mass is 10.1. The zero-order valence-corrected chi connectivity index (χ0v) is 11.0. The molecule has 0 radical (unpaired) electrons. The van der Waals surface area contributed by atoms with E-state index in [1.165, 1.54) is 5.56 Å². The second-order valence-corrected chi connectivity index (χ2v) is 9.52. The fourth-order valence-corrected chi connectivity index (χ4v) is 1.77. The first kappa shape index (κ1) is 11.9. The van der Waals surface area contributed by atoms with Crippen LogP contribution in [0.4, 0.5) is 5.69 Å². The molecule has 0 bridgehead atoms. The van der Waals surface area contributed by atoms with Crippen LogP contribution in [0.5, 0.6) is 0 Å². The van der Waals surface area contributed by atoms with E-state index in [2.05, 4.69) is 44.1 Å². The Kier molecular flexibility index (Phi) is 3.60. The van der Waals surface area contributed by atoms with Gasteiger partial charge < -0.3 is 5.73 Å². The van der Waals surface area contributed by atoms with Gasteiger partial charge in [-0.1, -0.05) is 32.5 Å². The quantitative estimate of drug-likeness (QED) is 0.437. The molecule has 0 fully saturated rings. The molecule has 1 rings (SSSR count). The Morgan fingerprint density at radius 2 is 1.93 bits per heavy atom. The van der Waals surface area contributed by atoms with Crippen molar-refractivity contribution in [2.75, 3.05) is 5.73 Å². The van der Waals surface area contributed by atoms with Gasteiger partial charge in [-0.15, -0.1) is 5.54 Å². The Bertz CT molecular complexity index is 405. The SMILES string of the molecule is CCc1cc(C#C[Si](C)(C)C)ccc1N. The monoisotopic (exact) mass is 217 g/mol. The lowest BCUT2D eigenvalue weighted by molar-refractivity contribution is 1.14. The number of aryl methyl sites for hydroxylation is 1. The summed E-state index contributed by atoms with van der Waals surface area (Å²) in [7, 11) is -1.27. The normalized spacial score (nSPS) is 10.7. The van der Waals surface area contributed by atoms with Crippen LogP contribution in [-0.2, 0) is 6.42 Å². The largest absolute Gasteiger partial charge is 0.399 e. The standard InChI is InChI=1S/C13H19NSi/c1-5-12-10-11(6-7-13(12)14)8-9-15(2,3)4/h6-7,10H,5,14H2,1-4H3. The van der Waals surface area contributed by atoms with Crippen LogP contribution < -0.4 is 5.73 Å². The number of hydrogen-bond acceptors (Lipinski definition) is 1. The van der Waals surface area contributed by atoms with Crippen molar-refractivity contribution in [3.05, 3.63) is 29.3 Å². The summed E-state index contributed by atoms with van der Waals surface area (Å²) in [4.78, 5) is 0. The van der Waals surface area contributed by atoms with E-state index in [4.69, 9.17) is 5.73 Å². The molecule has 0 saturated carbocycles. The predicted octanol–water partition coefficient (Wildman–Crippen LogP) is 3.06. The predicted molar refractivity (Wildman–Crippen MR) is 70.5 cm³/mol. The number of hydrogen-bond donors (Lipinski definition) is 1. The van der Waals surface area contributed by atoms with Crippen molar-refractivity contribution in [3.63, 3.8) is 0 Å². The lowest BCUT2D eigenvalue weighted by Gasteiger charge is -2.05. The average molecular weight is 217 g/mol. The molecule has 2 heteroatoms. The molecule has 0 saturated heterocycles. The van der Waals surface area contributed by atoms with Crippen molar-refractivity contribution in [2.24, 2.45) is 0 Å². The Morgan fingerprint density at radius 1 is 1.27 bits per heavy atom. The van der Waals surface area contributed by atoms with E-state index >= 15 is 0 Å². The molecule has 0 aliphatic carbocycles. The summed E-state index contributed by atoms with van der Waals surface area (Å²) in [6, 6.07) is 6.05. The molecule has 15 heavy (non-hydrogen) atoms. The summed E-state index contributed by atoms with van der Waals surface area (Å²) in [6.07, 6.45) is 0.967. The van der Waals surface area contributed by atoms with Crippen LogP contribution in [0.1, 0.15) is 18.1 Å². The fourth-order valence-electron chi connectivity index (χ4n) is 1.25. The Labute approximate surface area is 93.7 Å². The molecule has 1 aromatic carbocycles. The molecular formula is C13H19NSi. The van der Waals surface area contributed by atoms with Gasteiger partial charge >= 0.3 is 0 Å². The van der Waals surface area contributed by atoms with Gasteiger partial charge in [0, 0.05) is 11.3 Å². The highest BCUT2D eigenvalue weighted by molar-refractivity contribution is 6.83. The average Bonchev–Trinajstić information content (AvgIpc) is 2.15. The van der Waals surface area contributed by atoms with Crippen LogP contribution in [0.25, 0.3) is 0 Å². The molecule has 0 heterocycles. The summed E-state index contributed by atoms with van der Waals surface area (Å²) >= 11 is 0. The molecule has 0 spiro atoms. The minimum atomic E-state index is -1.27. The van der Waals surface area contributed by atoms with Crippen molar-refractivity contribution < 1.29 is 0 Å². The maximum Gasteiger partial charge on any atom is 0.129 e. The topological polar surface area (TPSA) is 26.0 Å². The Morgan fingerprint density at radius 3 is 2.47 bits per heavy atom. The first-order valence-corrected chi connectivity index (χ1v) is 8.84. The molecular weight excluding hydrogens is 198 g/mol. The second kappa shape index (κ2) is 4.54. The maximum atomic E-state index is 5.84. The number of rotatable bonds is 1. The highest BCUT2D eigenvalue weighted by Crippen LogP contribution is 2.14. The van der Waals surface area contributed by atoms with Crippen LogP contribution in [0.2, 0.25) is 19.6 Å². The van der Waals surface area contributed by atoms with Crippen molar-refractivity contribution >= 4 is 13.8 Å². The summed E-state index contributed by atoms with van der Waals surface area (Å²) in [5, 5.41) is 0. The van der Waals surface area contributed by atoms with E-state index in [1.807, 2.05) is 12.1 Å². The van der Waals surface area contributed by atoms with Gasteiger partial charge in [0.2, 0.25) is 0 Å². The van der Waals surface area contributed by atoms with Gasteiger partial charge in [0.1, 0.15) is 8.07 Å². The van der Waals surface area contributed by atoms with E-state index in [0.29, 0.717) is 0 Å². The maximum absolute atomic E-state index is 5.84. The first-order valence-electron chi connectivity index (χ1n) is 5.34. The summed E-state index contributed by atoms with van der Waals surface area (Å²) in [6.45, 7) is 8.86. The second-order valence-electron chi connectivity index (χ2n) is 4.77. The van der Waals surface area contributed by atoms with Crippen LogP contribution >= 0.6 is 0 Å². The summed E-state index contributed by atoms with van der Waals surface area (Å²) < 4.78 is 0. The van der Waals surface area contributed by atoms with Gasteiger partial charge in [-0.25, -0.2) is 0 Å². The van der Waals surface area contributed by atoms with Crippen LogP contribution in [0.15, 0.2) is 18.2 Å². The van der Waals surface area contributed by atoms with Crippen molar-refractivity contribution in [1.29, 1.82) is 0 Å². The minimum Gasteiger partial charge on any atom is -0.399 e. The van der Waals surface area contributed by atoms with E-state index < -0.39 is 8.07 Å². The molecule has 0 unspecified atom stereocenters. The molecule has 1 aromatic rings. The third kappa shape index (κ3) is 3.81. The van der Waals surface area contributed by atoms with Gasteiger partial charge in [0.15, 0.2) is 0 Å². The van der Waals surface area contributed by atoms with E-state index in [-0.39, 0.29) is 0 Å². The number of anilines is 1. The van der Waals surface area contributed by atoms with Crippen LogP contribution in [-0.4, -0.2) is 8.07 Å². The number of nitrogen functional groups attached to an aromatic ring is 1. The third-order valence-electron chi connectivity index (χ3n) is 2.11. The highest BCUT2D eigenvalue weighted by Gasteiger charge is 2.07. The minimum absolute atomic E-state index is 0.871. The van der Waals surface area contributed by atoms with Crippen molar-refractivity contribution in [2.45, 2.75) is 33.0 Å². The Hall–Kier alpha value is -1.20. The molecule has 0 aliphatic rings. The van der Waals surface area contributed by atoms with E-state index in [9.17, 15) is 0 Å². The smallest absolute Gasteiger partial charge is 0.129 e. The van der Waals surface area contributed by atoms with Gasteiger partial charge in [-0.05, 0) is 30.2 Å². The fraction of sp³-hybridized carbons (Fsp3) is 0.385. The highest BCUT2D eigenvalue weighted by atomic mass is 28.3. The Balaban J connectivity index is 3.01. The number of benzene rings is 1. The van der Waals surface area contributed by atoms with Gasteiger partial charge in [-0.3, -0.25) is 0 Å². The number of nitrogens with two attached hydrogens (primary N) is 1. The molecule has 0 amide bonds. The van der Waals surface area contributed by atoms with Crippen molar-refractivity contribution in [3.8, 4) is 11.5 Å². The zero-order chi connectivity index (χ0) is 11.5. The third-order valence-corrected chi connectivity index (χ3v) is 2.98. The van der Waals surface area contributed by atoms with Gasteiger partial charge in [0.25, 0.3) is 0 Å². The van der Waals surface area contributed by atoms with E-state index in [0.717, 1.165) is 17.7 Å². The molecule has 0 atom stereocenters. The molecule has 1 nitrogen and oxygen atoms in total. The molecule has 80 valence electrons. The van der Waals surface area contributed by atoms with Gasteiger partial charge in [0.05, 0.1) is 0 Å². The first-order chi connectivity index (χ1) is 6.92. The molecule has 0 aromatic heterocycles. The van der Waals surface area contributed by atoms with Crippen LogP contribution in [0.3, 0.4) is 0 Å². The molecule has 0 aliphatic heterocycles. The summed E-state index contributed by atoms with van der Waals surface area (Å²) in [5.74, 6) is 3.24. The van der Waals surface area contributed by atoms with Crippen molar-refractivity contribution in [1.82, 2.24) is 0 Å². The lowest BCUT2D eigenvalue weighted by Crippen LogP contribution is -2.16.